The van der Waals surface area contributed by atoms with Crippen LogP contribution in [0.4, 0.5) is 15.8 Å². The summed E-state index contributed by atoms with van der Waals surface area (Å²) in [4.78, 5) is 34.2. The number of carbonyl (C=O) groups excluding carboxylic acids is 2. The molecule has 0 radical (unpaired) electrons. The van der Waals surface area contributed by atoms with Crippen LogP contribution in [0.15, 0.2) is 12.1 Å². The van der Waals surface area contributed by atoms with E-state index in [0.717, 1.165) is 13.2 Å². The van der Waals surface area contributed by atoms with E-state index in [4.69, 9.17) is 0 Å². The second-order valence-corrected chi connectivity index (χ2v) is 4.24. The number of ether oxygens (including phenoxy) is 1. The molecule has 0 bridgehead atoms. The maximum absolute atomic E-state index is 13.6. The van der Waals surface area contributed by atoms with Crippen LogP contribution in [0.5, 0.6) is 0 Å². The molecule has 0 aliphatic heterocycles. The number of anilines is 1. The van der Waals surface area contributed by atoms with Crippen molar-refractivity contribution in [3.63, 3.8) is 0 Å². The van der Waals surface area contributed by atoms with Gasteiger partial charge in [-0.05, 0) is 6.07 Å². The predicted octanol–water partition coefficient (Wildman–Crippen LogP) is 1.02. The van der Waals surface area contributed by atoms with Gasteiger partial charge in [0.15, 0.2) is 0 Å². The number of rotatable bonds is 5. The van der Waals surface area contributed by atoms with Crippen molar-refractivity contribution < 1.29 is 23.6 Å². The molecule has 9 heteroatoms. The van der Waals surface area contributed by atoms with Gasteiger partial charge in [0.1, 0.15) is 11.5 Å². The summed E-state index contributed by atoms with van der Waals surface area (Å²) >= 11 is 0. The van der Waals surface area contributed by atoms with Crippen LogP contribution >= 0.6 is 0 Å². The molecule has 1 rings (SSSR count). The second kappa shape index (κ2) is 6.64. The third-order valence-electron chi connectivity index (χ3n) is 2.62. The summed E-state index contributed by atoms with van der Waals surface area (Å²) in [5, 5.41) is 13.4. The summed E-state index contributed by atoms with van der Waals surface area (Å²) in [7, 11) is 4.10. The fraction of sp³-hybridized carbons (Fsp3) is 0.333. The van der Waals surface area contributed by atoms with Gasteiger partial charge in [-0.25, -0.2) is 9.18 Å². The number of benzene rings is 1. The van der Waals surface area contributed by atoms with Gasteiger partial charge in [0.25, 0.3) is 5.69 Å². The van der Waals surface area contributed by atoms with Crippen LogP contribution in [0, 0.1) is 15.9 Å². The van der Waals surface area contributed by atoms with E-state index in [1.165, 1.54) is 19.0 Å². The van der Waals surface area contributed by atoms with Crippen molar-refractivity contribution in [3.8, 4) is 0 Å². The molecule has 114 valence electrons. The van der Waals surface area contributed by atoms with Crippen molar-refractivity contribution in [2.24, 2.45) is 0 Å². The van der Waals surface area contributed by atoms with Crippen molar-refractivity contribution >= 4 is 23.3 Å². The summed E-state index contributed by atoms with van der Waals surface area (Å²) in [5.74, 6) is -2.38. The molecule has 0 aliphatic carbocycles. The third-order valence-corrected chi connectivity index (χ3v) is 2.62. The summed E-state index contributed by atoms with van der Waals surface area (Å²) < 4.78 is 18.0. The van der Waals surface area contributed by atoms with Crippen molar-refractivity contribution in [2.45, 2.75) is 0 Å². The van der Waals surface area contributed by atoms with Crippen molar-refractivity contribution in [3.05, 3.63) is 33.6 Å². The fourth-order valence-corrected chi connectivity index (χ4v) is 1.45. The van der Waals surface area contributed by atoms with Gasteiger partial charge in [0.2, 0.25) is 5.91 Å². The summed E-state index contributed by atoms with van der Waals surface area (Å²) in [6.45, 7) is -0.236. The van der Waals surface area contributed by atoms with Gasteiger partial charge in [-0.1, -0.05) is 0 Å². The maximum Gasteiger partial charge on any atom is 0.340 e. The molecule has 1 aromatic carbocycles. The van der Waals surface area contributed by atoms with Gasteiger partial charge >= 0.3 is 5.97 Å². The van der Waals surface area contributed by atoms with Gasteiger partial charge in [0.05, 0.1) is 30.2 Å². The molecular formula is C12H14FN3O5. The van der Waals surface area contributed by atoms with Gasteiger partial charge in [-0.2, -0.15) is 0 Å². The van der Waals surface area contributed by atoms with E-state index in [2.05, 4.69) is 10.1 Å². The Labute approximate surface area is 119 Å². The molecule has 21 heavy (non-hydrogen) atoms. The zero-order chi connectivity index (χ0) is 16.2. The summed E-state index contributed by atoms with van der Waals surface area (Å²) in [6, 6.07) is 1.55. The van der Waals surface area contributed by atoms with E-state index in [1.807, 2.05) is 0 Å². The van der Waals surface area contributed by atoms with Crippen LogP contribution < -0.4 is 5.32 Å². The van der Waals surface area contributed by atoms with Crippen LogP contribution in [0.2, 0.25) is 0 Å². The smallest absolute Gasteiger partial charge is 0.340 e. The molecule has 0 heterocycles. The molecule has 0 saturated heterocycles. The first-order valence-electron chi connectivity index (χ1n) is 5.78. The minimum Gasteiger partial charge on any atom is -0.465 e. The molecule has 0 fully saturated rings. The Balaban J connectivity index is 3.17. The summed E-state index contributed by atoms with van der Waals surface area (Å²) in [6.07, 6.45) is 0. The van der Waals surface area contributed by atoms with Crippen LogP contribution in [-0.2, 0) is 9.53 Å². The lowest BCUT2D eigenvalue weighted by Crippen LogP contribution is -2.28. The number of methoxy groups -OCH3 is 1. The molecule has 1 amide bonds. The van der Waals surface area contributed by atoms with E-state index < -0.39 is 28.0 Å². The van der Waals surface area contributed by atoms with Crippen LogP contribution in [-0.4, -0.2) is 49.4 Å². The molecule has 0 saturated carbocycles. The van der Waals surface area contributed by atoms with Gasteiger partial charge < -0.3 is 15.0 Å². The highest BCUT2D eigenvalue weighted by Crippen LogP contribution is 2.28. The molecule has 0 unspecified atom stereocenters. The molecular weight excluding hydrogens is 285 g/mol. The molecule has 1 aromatic rings. The number of carbonyl (C=O) groups is 2. The van der Waals surface area contributed by atoms with Crippen molar-refractivity contribution in [1.29, 1.82) is 0 Å². The number of nitro groups is 1. The first-order chi connectivity index (χ1) is 9.77. The Morgan fingerprint density at radius 2 is 2.05 bits per heavy atom. The summed E-state index contributed by atoms with van der Waals surface area (Å²) in [5.41, 5.74) is -1.17. The minimum absolute atomic E-state index is 0.142. The number of esters is 1. The average molecular weight is 299 g/mol. The molecule has 0 spiro atoms. The quantitative estimate of drug-likeness (QED) is 0.495. The zero-order valence-corrected chi connectivity index (χ0v) is 11.7. The lowest BCUT2D eigenvalue weighted by Gasteiger charge is -2.12. The first-order valence-corrected chi connectivity index (χ1v) is 5.78. The highest BCUT2D eigenvalue weighted by molar-refractivity contribution is 5.92. The number of nitrogens with zero attached hydrogens (tertiary/aromatic N) is 2. The number of nitro benzene ring substituents is 1. The van der Waals surface area contributed by atoms with Crippen LogP contribution in [0.1, 0.15) is 10.4 Å². The van der Waals surface area contributed by atoms with Gasteiger partial charge in [-0.3, -0.25) is 14.9 Å². The fourth-order valence-electron chi connectivity index (χ4n) is 1.45. The number of likely N-dealkylation sites (N-methyl/N-ethyl adjacent to an activating group) is 1. The third kappa shape index (κ3) is 3.88. The standard InChI is InChI=1S/C12H14FN3O5/c1-15(2)11(17)6-14-9-4-7(12(18)21-3)8(13)5-10(9)16(19)20/h4-5,14H,6H2,1-3H3. The van der Waals surface area contributed by atoms with Gasteiger partial charge in [0, 0.05) is 14.1 Å². The lowest BCUT2D eigenvalue weighted by atomic mass is 10.1. The Hall–Kier alpha value is -2.71. The average Bonchev–Trinajstić information content (AvgIpc) is 2.43. The largest absolute Gasteiger partial charge is 0.465 e. The molecule has 0 aromatic heterocycles. The Kier molecular flexibility index (Phi) is 5.17. The lowest BCUT2D eigenvalue weighted by molar-refractivity contribution is -0.384. The van der Waals surface area contributed by atoms with Crippen LogP contribution in [0.3, 0.4) is 0 Å². The number of hydrogen-bond acceptors (Lipinski definition) is 6. The van der Waals surface area contributed by atoms with E-state index >= 15 is 0 Å². The Bertz CT molecular complexity index is 589. The second-order valence-electron chi connectivity index (χ2n) is 4.24. The van der Waals surface area contributed by atoms with Crippen molar-refractivity contribution in [2.75, 3.05) is 33.1 Å². The van der Waals surface area contributed by atoms with Gasteiger partial charge in [-0.15, -0.1) is 0 Å². The normalized spacial score (nSPS) is 9.90. The van der Waals surface area contributed by atoms with E-state index in [1.54, 1.807) is 0 Å². The van der Waals surface area contributed by atoms with Crippen LogP contribution in [0.25, 0.3) is 0 Å². The number of halogens is 1. The SMILES string of the molecule is COC(=O)c1cc(NCC(=O)N(C)C)c([N+](=O)[O-])cc1F. The minimum atomic E-state index is -1.07. The number of nitrogens with one attached hydrogen (secondary N) is 1. The Morgan fingerprint density at radius 1 is 1.43 bits per heavy atom. The Morgan fingerprint density at radius 3 is 2.52 bits per heavy atom. The first kappa shape index (κ1) is 16.3. The highest BCUT2D eigenvalue weighted by atomic mass is 19.1. The van der Waals surface area contributed by atoms with E-state index in [-0.39, 0.29) is 18.1 Å². The predicted molar refractivity (Wildman–Crippen MR) is 71.6 cm³/mol. The highest BCUT2D eigenvalue weighted by Gasteiger charge is 2.22. The molecule has 8 nitrogen and oxygen atoms in total. The topological polar surface area (TPSA) is 102 Å². The number of amides is 1. The number of hydrogen-bond donors (Lipinski definition) is 1. The molecule has 0 atom stereocenters. The zero-order valence-electron chi connectivity index (χ0n) is 11.7. The van der Waals surface area contributed by atoms with E-state index in [0.29, 0.717) is 6.07 Å². The maximum atomic E-state index is 13.6. The monoisotopic (exact) mass is 299 g/mol. The molecule has 0 aliphatic rings. The van der Waals surface area contributed by atoms with E-state index in [9.17, 15) is 24.1 Å². The molecule has 1 N–H and O–H groups in total. The van der Waals surface area contributed by atoms with Crippen molar-refractivity contribution in [1.82, 2.24) is 4.90 Å².